The molecule has 6 nitrogen and oxygen atoms in total. The van der Waals surface area contributed by atoms with E-state index in [4.69, 9.17) is 9.47 Å². The quantitative estimate of drug-likeness (QED) is 0.595. The first-order valence-corrected chi connectivity index (χ1v) is 12.9. The van der Waals surface area contributed by atoms with Crippen LogP contribution in [0.15, 0.2) is 54.6 Å². The number of hydrogen-bond acceptors (Lipinski definition) is 5. The molecular weight excluding hydrogens is 426 g/mol. The molecule has 7 heteroatoms. The molecule has 1 aliphatic heterocycles. The number of carbonyl (C=O) groups excluding carboxylic acids is 1. The Labute approximate surface area is 189 Å². The molecule has 0 N–H and O–H groups in total. The van der Waals surface area contributed by atoms with E-state index < -0.39 is 9.84 Å². The molecule has 1 amide bonds. The van der Waals surface area contributed by atoms with Crippen molar-refractivity contribution in [1.82, 2.24) is 0 Å². The molecular formula is C25H29NO5S. The van der Waals surface area contributed by atoms with Crippen molar-refractivity contribution in [3.8, 4) is 11.5 Å². The first kappa shape index (κ1) is 22.4. The van der Waals surface area contributed by atoms with Crippen molar-refractivity contribution in [2.45, 2.75) is 37.4 Å². The van der Waals surface area contributed by atoms with Crippen LogP contribution in [-0.2, 0) is 14.6 Å². The molecule has 0 aromatic heterocycles. The number of anilines is 1. The van der Waals surface area contributed by atoms with Crippen molar-refractivity contribution >= 4 is 27.5 Å². The van der Waals surface area contributed by atoms with Crippen molar-refractivity contribution in [2.75, 3.05) is 30.4 Å². The Kier molecular flexibility index (Phi) is 7.15. The molecule has 32 heavy (non-hydrogen) atoms. The highest BCUT2D eigenvalue weighted by molar-refractivity contribution is 7.92. The maximum absolute atomic E-state index is 13.2. The lowest BCUT2D eigenvalue weighted by molar-refractivity contribution is -0.118. The molecule has 1 aliphatic carbocycles. The molecule has 1 saturated carbocycles. The Morgan fingerprint density at radius 2 is 1.72 bits per heavy atom. The molecule has 2 aromatic carbocycles. The molecule has 0 bridgehead atoms. The Morgan fingerprint density at radius 3 is 2.47 bits per heavy atom. The van der Waals surface area contributed by atoms with Gasteiger partial charge in [0.2, 0.25) is 5.91 Å². The van der Waals surface area contributed by atoms with Gasteiger partial charge >= 0.3 is 0 Å². The van der Waals surface area contributed by atoms with E-state index in [1.54, 1.807) is 17.0 Å². The number of ether oxygens (including phenoxy) is 2. The molecule has 2 aliphatic rings. The fourth-order valence-corrected chi connectivity index (χ4v) is 6.03. The minimum atomic E-state index is -3.26. The van der Waals surface area contributed by atoms with Crippen LogP contribution in [0.3, 0.4) is 0 Å². The van der Waals surface area contributed by atoms with Gasteiger partial charge in [0.1, 0.15) is 13.2 Å². The zero-order chi connectivity index (χ0) is 22.4. The minimum Gasteiger partial charge on any atom is -0.486 e. The summed E-state index contributed by atoms with van der Waals surface area (Å²) < 4.78 is 36.6. The number of rotatable bonds is 8. The van der Waals surface area contributed by atoms with Gasteiger partial charge in [-0.25, -0.2) is 8.42 Å². The summed E-state index contributed by atoms with van der Waals surface area (Å²) in [5, 5.41) is -0.295. The Bertz CT molecular complexity index is 1060. The average molecular weight is 456 g/mol. The number of sulfone groups is 1. The Morgan fingerprint density at radius 1 is 1.00 bits per heavy atom. The Balaban J connectivity index is 1.51. The summed E-state index contributed by atoms with van der Waals surface area (Å²) in [5.74, 6) is 0.911. The molecule has 0 atom stereocenters. The second kappa shape index (κ2) is 10.2. The van der Waals surface area contributed by atoms with Crippen molar-refractivity contribution in [3.05, 3.63) is 60.2 Å². The van der Waals surface area contributed by atoms with Gasteiger partial charge in [-0.15, -0.1) is 0 Å². The standard InChI is InChI=1S/C25H29NO5S/c27-25(14-18-32(28,29)22-10-4-5-11-22)26(15-6-9-20-7-2-1-3-8-20)21-12-13-23-24(19-21)31-17-16-30-23/h1-3,6-9,12-13,19,22H,4-5,10-11,14-18H2/b9-6+. The number of carbonyl (C=O) groups is 1. The van der Waals surface area contributed by atoms with Crippen LogP contribution in [0.1, 0.15) is 37.7 Å². The molecule has 4 rings (SSSR count). The van der Waals surface area contributed by atoms with Crippen LogP contribution in [0.25, 0.3) is 6.08 Å². The zero-order valence-corrected chi connectivity index (χ0v) is 18.9. The normalized spacial score (nSPS) is 16.4. The van der Waals surface area contributed by atoms with E-state index in [1.807, 2.05) is 48.6 Å². The number of nitrogens with zero attached hydrogens (tertiary/aromatic N) is 1. The zero-order valence-electron chi connectivity index (χ0n) is 18.1. The largest absolute Gasteiger partial charge is 0.486 e. The third kappa shape index (κ3) is 5.51. The number of amides is 1. The minimum absolute atomic E-state index is 0.0353. The molecule has 1 heterocycles. The van der Waals surface area contributed by atoms with E-state index in [0.29, 0.717) is 49.8 Å². The van der Waals surface area contributed by atoms with Crippen LogP contribution >= 0.6 is 0 Å². The molecule has 0 radical (unpaired) electrons. The summed E-state index contributed by atoms with van der Waals surface area (Å²) >= 11 is 0. The number of benzene rings is 2. The van der Waals surface area contributed by atoms with E-state index in [1.165, 1.54) is 0 Å². The van der Waals surface area contributed by atoms with Gasteiger partial charge < -0.3 is 14.4 Å². The van der Waals surface area contributed by atoms with Crippen molar-refractivity contribution in [1.29, 1.82) is 0 Å². The molecule has 0 saturated heterocycles. The summed E-state index contributed by atoms with van der Waals surface area (Å²) in [6.45, 7) is 1.28. The van der Waals surface area contributed by atoms with Gasteiger partial charge in [0, 0.05) is 24.7 Å². The van der Waals surface area contributed by atoms with Gasteiger partial charge in [0.15, 0.2) is 21.3 Å². The van der Waals surface area contributed by atoms with Gasteiger partial charge in [-0.05, 0) is 30.5 Å². The summed E-state index contributed by atoms with van der Waals surface area (Å²) in [7, 11) is -3.26. The molecule has 1 fully saturated rings. The summed E-state index contributed by atoms with van der Waals surface area (Å²) in [6.07, 6.45) is 7.15. The second-order valence-electron chi connectivity index (χ2n) is 8.17. The topological polar surface area (TPSA) is 72.9 Å². The van der Waals surface area contributed by atoms with E-state index in [2.05, 4.69) is 0 Å². The van der Waals surface area contributed by atoms with Crippen molar-refractivity contribution in [2.24, 2.45) is 0 Å². The van der Waals surface area contributed by atoms with E-state index in [9.17, 15) is 13.2 Å². The molecule has 0 unspecified atom stereocenters. The highest BCUT2D eigenvalue weighted by Crippen LogP contribution is 2.34. The maximum Gasteiger partial charge on any atom is 0.228 e. The maximum atomic E-state index is 13.2. The predicted octanol–water partition coefficient (Wildman–Crippen LogP) is 4.25. The van der Waals surface area contributed by atoms with Gasteiger partial charge in [0.25, 0.3) is 0 Å². The van der Waals surface area contributed by atoms with Gasteiger partial charge in [0.05, 0.1) is 11.0 Å². The summed E-state index contributed by atoms with van der Waals surface area (Å²) in [5.41, 5.74) is 1.70. The van der Waals surface area contributed by atoms with Crippen LogP contribution in [0.5, 0.6) is 11.5 Å². The third-order valence-electron chi connectivity index (χ3n) is 5.95. The van der Waals surface area contributed by atoms with E-state index in [0.717, 1.165) is 18.4 Å². The highest BCUT2D eigenvalue weighted by Gasteiger charge is 2.30. The van der Waals surface area contributed by atoms with Crippen LogP contribution in [-0.4, -0.2) is 45.1 Å². The van der Waals surface area contributed by atoms with Gasteiger partial charge in [-0.2, -0.15) is 0 Å². The van der Waals surface area contributed by atoms with Crippen LogP contribution in [0.4, 0.5) is 5.69 Å². The predicted molar refractivity (Wildman–Crippen MR) is 126 cm³/mol. The average Bonchev–Trinajstić information content (AvgIpc) is 3.37. The molecule has 0 spiro atoms. The lowest BCUT2D eigenvalue weighted by Gasteiger charge is -2.25. The highest BCUT2D eigenvalue weighted by atomic mass is 32.2. The van der Waals surface area contributed by atoms with Gasteiger partial charge in [-0.1, -0.05) is 55.3 Å². The monoisotopic (exact) mass is 455 g/mol. The van der Waals surface area contributed by atoms with E-state index >= 15 is 0 Å². The SMILES string of the molecule is O=C(CCS(=O)(=O)C1CCCC1)N(C/C=C/c1ccccc1)c1ccc2c(c1)OCCO2. The smallest absolute Gasteiger partial charge is 0.228 e. The van der Waals surface area contributed by atoms with Crippen molar-refractivity contribution in [3.63, 3.8) is 0 Å². The number of fused-ring (bicyclic) bond motifs is 1. The second-order valence-corrected chi connectivity index (χ2v) is 10.6. The van der Waals surface area contributed by atoms with Crippen molar-refractivity contribution < 1.29 is 22.7 Å². The first-order valence-electron chi connectivity index (χ1n) is 11.2. The summed E-state index contributed by atoms with van der Waals surface area (Å²) in [6, 6.07) is 15.2. The fourth-order valence-electron chi connectivity index (χ4n) is 4.19. The molecule has 170 valence electrons. The fraction of sp³-hybridized carbons (Fsp3) is 0.400. The first-order chi connectivity index (χ1) is 15.5. The van der Waals surface area contributed by atoms with Crippen LogP contribution in [0, 0.1) is 0 Å². The molecule has 2 aromatic rings. The van der Waals surface area contributed by atoms with Crippen LogP contribution in [0.2, 0.25) is 0 Å². The lowest BCUT2D eigenvalue weighted by atomic mass is 10.2. The number of hydrogen-bond donors (Lipinski definition) is 0. The van der Waals surface area contributed by atoms with Crippen LogP contribution < -0.4 is 14.4 Å². The van der Waals surface area contributed by atoms with Gasteiger partial charge in [-0.3, -0.25) is 4.79 Å². The third-order valence-corrected chi connectivity index (χ3v) is 8.21. The summed E-state index contributed by atoms with van der Waals surface area (Å²) in [4.78, 5) is 14.8. The Hall–Kier alpha value is -2.80. The van der Waals surface area contributed by atoms with E-state index in [-0.39, 0.29) is 23.3 Å². The lowest BCUT2D eigenvalue weighted by Crippen LogP contribution is -2.33.